The van der Waals surface area contributed by atoms with Gasteiger partial charge in [-0.15, -0.1) is 0 Å². The van der Waals surface area contributed by atoms with Crippen LogP contribution in [0, 0.1) is 0 Å². The first-order valence-electron chi connectivity index (χ1n) is 9.86. The van der Waals surface area contributed by atoms with E-state index in [1.807, 2.05) is 6.07 Å². The van der Waals surface area contributed by atoms with Gasteiger partial charge in [-0.2, -0.15) is 0 Å². The quantitative estimate of drug-likeness (QED) is 0.574. The highest BCUT2D eigenvalue weighted by molar-refractivity contribution is 7.90. The molecule has 0 saturated heterocycles. The zero-order valence-electron chi connectivity index (χ0n) is 17.7. The van der Waals surface area contributed by atoms with Crippen LogP contribution in [0.4, 0.5) is 0 Å². The van der Waals surface area contributed by atoms with E-state index in [1.54, 1.807) is 30.3 Å². The van der Waals surface area contributed by atoms with Crippen LogP contribution in [-0.2, 0) is 16.3 Å². The SMILES string of the molecule is CN(C)CCCN(C)[C@H]1Cc2c(Cl)cc(Cl)cc2[C@@H]1Oc1ccc(S(C)(=O)=O)cc1. The second-order valence-electron chi connectivity index (χ2n) is 8.15. The summed E-state index contributed by atoms with van der Waals surface area (Å²) in [6, 6.07) is 10.3. The predicted octanol–water partition coefficient (Wildman–Crippen LogP) is 4.33. The van der Waals surface area contributed by atoms with Crippen molar-refractivity contribution in [1.29, 1.82) is 0 Å². The number of sulfone groups is 1. The summed E-state index contributed by atoms with van der Waals surface area (Å²) in [6.45, 7) is 1.93. The minimum atomic E-state index is -3.25. The Labute approximate surface area is 189 Å². The van der Waals surface area contributed by atoms with Crippen molar-refractivity contribution in [3.8, 4) is 5.75 Å². The van der Waals surface area contributed by atoms with Crippen LogP contribution in [0.1, 0.15) is 23.7 Å². The van der Waals surface area contributed by atoms with E-state index < -0.39 is 9.84 Å². The topological polar surface area (TPSA) is 49.9 Å². The minimum absolute atomic E-state index is 0.104. The lowest BCUT2D eigenvalue weighted by Crippen LogP contribution is -2.38. The first-order valence-corrected chi connectivity index (χ1v) is 12.5. The third-order valence-corrected chi connectivity index (χ3v) is 7.15. The Morgan fingerprint density at radius 1 is 1.07 bits per heavy atom. The summed E-state index contributed by atoms with van der Waals surface area (Å²) in [4.78, 5) is 4.75. The van der Waals surface area contributed by atoms with Gasteiger partial charge in [-0.3, -0.25) is 4.90 Å². The molecule has 2 aromatic carbocycles. The third-order valence-electron chi connectivity index (χ3n) is 5.46. The van der Waals surface area contributed by atoms with Crippen molar-refractivity contribution in [2.75, 3.05) is 40.5 Å². The monoisotopic (exact) mass is 470 g/mol. The van der Waals surface area contributed by atoms with Gasteiger partial charge >= 0.3 is 0 Å². The second-order valence-corrected chi connectivity index (χ2v) is 11.0. The van der Waals surface area contributed by atoms with Crippen LogP contribution in [0.25, 0.3) is 0 Å². The van der Waals surface area contributed by atoms with Crippen molar-refractivity contribution >= 4 is 33.0 Å². The fourth-order valence-electron chi connectivity index (χ4n) is 3.86. The number of benzene rings is 2. The lowest BCUT2D eigenvalue weighted by atomic mass is 10.1. The summed E-state index contributed by atoms with van der Waals surface area (Å²) < 4.78 is 29.8. The molecule has 5 nitrogen and oxygen atoms in total. The van der Waals surface area contributed by atoms with Gasteiger partial charge in [0, 0.05) is 21.9 Å². The normalized spacial score (nSPS) is 18.8. The molecule has 0 radical (unpaired) electrons. The van der Waals surface area contributed by atoms with Crippen LogP contribution in [0.3, 0.4) is 0 Å². The van der Waals surface area contributed by atoms with E-state index in [0.717, 1.165) is 37.1 Å². The number of hydrogen-bond donors (Lipinski definition) is 0. The summed E-state index contributed by atoms with van der Waals surface area (Å²) in [7, 11) is 2.99. The maximum absolute atomic E-state index is 11.7. The van der Waals surface area contributed by atoms with Crippen LogP contribution < -0.4 is 4.74 Å². The molecule has 8 heteroatoms. The Kier molecular flexibility index (Phi) is 7.36. The molecule has 1 aliphatic carbocycles. The van der Waals surface area contributed by atoms with E-state index in [2.05, 4.69) is 30.9 Å². The van der Waals surface area contributed by atoms with Gasteiger partial charge < -0.3 is 9.64 Å². The number of fused-ring (bicyclic) bond motifs is 1. The van der Waals surface area contributed by atoms with Crippen LogP contribution >= 0.6 is 23.2 Å². The molecule has 0 aliphatic heterocycles. The van der Waals surface area contributed by atoms with Crippen molar-refractivity contribution < 1.29 is 13.2 Å². The molecule has 0 fully saturated rings. The molecule has 0 unspecified atom stereocenters. The number of rotatable bonds is 8. The zero-order chi connectivity index (χ0) is 22.1. The smallest absolute Gasteiger partial charge is 0.175 e. The molecule has 164 valence electrons. The Morgan fingerprint density at radius 2 is 1.73 bits per heavy atom. The largest absolute Gasteiger partial charge is 0.484 e. The molecule has 0 bridgehead atoms. The van der Waals surface area contributed by atoms with E-state index in [4.69, 9.17) is 27.9 Å². The molecule has 0 aromatic heterocycles. The molecular weight excluding hydrogens is 443 g/mol. The molecule has 3 rings (SSSR count). The van der Waals surface area contributed by atoms with Gasteiger partial charge in [0.05, 0.1) is 10.9 Å². The molecular formula is C22H28Cl2N2O3S. The van der Waals surface area contributed by atoms with Crippen molar-refractivity contribution in [1.82, 2.24) is 9.80 Å². The Balaban J connectivity index is 1.87. The van der Waals surface area contributed by atoms with Gasteiger partial charge in [0.25, 0.3) is 0 Å². The molecule has 30 heavy (non-hydrogen) atoms. The van der Waals surface area contributed by atoms with Crippen LogP contribution in [0.2, 0.25) is 10.0 Å². The predicted molar refractivity (Wildman–Crippen MR) is 123 cm³/mol. The lowest BCUT2D eigenvalue weighted by molar-refractivity contribution is 0.0930. The molecule has 2 atom stereocenters. The highest BCUT2D eigenvalue weighted by atomic mass is 35.5. The van der Waals surface area contributed by atoms with Crippen LogP contribution in [-0.4, -0.2) is 64.7 Å². The van der Waals surface area contributed by atoms with Crippen molar-refractivity contribution in [2.24, 2.45) is 0 Å². The minimum Gasteiger partial charge on any atom is -0.484 e. The summed E-state index contributed by atoms with van der Waals surface area (Å²) in [5, 5.41) is 1.23. The van der Waals surface area contributed by atoms with E-state index in [0.29, 0.717) is 15.8 Å². The highest BCUT2D eigenvalue weighted by Gasteiger charge is 2.38. The average molecular weight is 471 g/mol. The maximum atomic E-state index is 11.7. The fourth-order valence-corrected chi connectivity index (χ4v) is 5.08. The Morgan fingerprint density at radius 3 is 2.33 bits per heavy atom. The van der Waals surface area contributed by atoms with Crippen molar-refractivity contribution in [2.45, 2.75) is 29.9 Å². The highest BCUT2D eigenvalue weighted by Crippen LogP contribution is 2.42. The van der Waals surface area contributed by atoms with E-state index >= 15 is 0 Å². The molecule has 2 aromatic rings. The first kappa shape index (κ1) is 23.4. The number of nitrogens with zero attached hydrogens (tertiary/aromatic N) is 2. The second kappa shape index (κ2) is 9.45. The van der Waals surface area contributed by atoms with E-state index in [-0.39, 0.29) is 17.0 Å². The third kappa shape index (κ3) is 5.48. The standard InChI is InChI=1S/C22H28Cl2N2O3S/c1-25(2)10-5-11-26(3)21-14-18-19(12-15(23)13-20(18)24)22(21)29-16-6-8-17(9-7-16)30(4,27)28/h6-9,12-13,21-22H,5,10-11,14H2,1-4H3/t21-,22-/m0/s1. The van der Waals surface area contributed by atoms with Gasteiger partial charge in [-0.05, 0) is 89.0 Å². The first-order chi connectivity index (χ1) is 14.1. The van der Waals surface area contributed by atoms with Crippen molar-refractivity contribution in [3.05, 3.63) is 57.6 Å². The number of ether oxygens (including phenoxy) is 1. The molecule has 1 aliphatic rings. The summed E-state index contributed by atoms with van der Waals surface area (Å²) in [5.41, 5.74) is 2.05. The summed E-state index contributed by atoms with van der Waals surface area (Å²) in [6.07, 6.45) is 2.76. The van der Waals surface area contributed by atoms with Gasteiger partial charge in [0.1, 0.15) is 11.9 Å². The summed E-state index contributed by atoms with van der Waals surface area (Å²) >= 11 is 12.8. The molecule has 0 heterocycles. The van der Waals surface area contributed by atoms with Crippen LogP contribution in [0.5, 0.6) is 5.75 Å². The molecule has 0 N–H and O–H groups in total. The average Bonchev–Trinajstić information content (AvgIpc) is 3.00. The lowest BCUT2D eigenvalue weighted by Gasteiger charge is -2.30. The number of halogens is 2. The van der Waals surface area contributed by atoms with Crippen molar-refractivity contribution in [3.63, 3.8) is 0 Å². The van der Waals surface area contributed by atoms with Gasteiger partial charge in [0.15, 0.2) is 9.84 Å². The Hall–Kier alpha value is -1.31. The fraction of sp³-hybridized carbons (Fsp3) is 0.455. The molecule has 0 saturated carbocycles. The van der Waals surface area contributed by atoms with Gasteiger partial charge in [-0.25, -0.2) is 8.42 Å². The number of likely N-dealkylation sites (N-methyl/N-ethyl adjacent to an activating group) is 1. The van der Waals surface area contributed by atoms with Gasteiger partial charge in [-0.1, -0.05) is 23.2 Å². The Bertz CT molecular complexity index is 994. The molecule has 0 amide bonds. The van der Waals surface area contributed by atoms with E-state index in [9.17, 15) is 8.42 Å². The molecule has 0 spiro atoms. The zero-order valence-corrected chi connectivity index (χ0v) is 20.1. The van der Waals surface area contributed by atoms with Gasteiger partial charge in [0.2, 0.25) is 0 Å². The number of hydrogen-bond acceptors (Lipinski definition) is 5. The van der Waals surface area contributed by atoms with Crippen LogP contribution in [0.15, 0.2) is 41.3 Å². The maximum Gasteiger partial charge on any atom is 0.175 e. The summed E-state index contributed by atoms with van der Waals surface area (Å²) in [5.74, 6) is 0.614. The van der Waals surface area contributed by atoms with E-state index in [1.165, 1.54) is 6.26 Å².